The number of aromatic nitrogens is 1. The van der Waals surface area contributed by atoms with E-state index in [4.69, 9.17) is 0 Å². The fourth-order valence-corrected chi connectivity index (χ4v) is 3.69. The van der Waals surface area contributed by atoms with Crippen molar-refractivity contribution in [1.29, 1.82) is 0 Å². The van der Waals surface area contributed by atoms with Crippen molar-refractivity contribution in [2.24, 2.45) is 0 Å². The molecule has 1 aromatic carbocycles. The minimum absolute atomic E-state index is 0.657. The maximum absolute atomic E-state index is 4.34. The van der Waals surface area contributed by atoms with Crippen LogP contribution in [0.5, 0.6) is 0 Å². The molecule has 0 fully saturated rings. The molecule has 1 aliphatic heterocycles. The second kappa shape index (κ2) is 6.22. The molecule has 98 valence electrons. The Labute approximate surface area is 118 Å². The molecule has 0 spiro atoms. The van der Waals surface area contributed by atoms with Gasteiger partial charge in [0.25, 0.3) is 0 Å². The van der Waals surface area contributed by atoms with Gasteiger partial charge in [-0.3, -0.25) is 4.98 Å². The van der Waals surface area contributed by atoms with Crippen LogP contribution in [0.2, 0.25) is 0 Å². The van der Waals surface area contributed by atoms with Crippen LogP contribution >= 0.6 is 11.8 Å². The van der Waals surface area contributed by atoms with Crippen molar-refractivity contribution < 1.29 is 0 Å². The predicted octanol–water partition coefficient (Wildman–Crippen LogP) is 3.10. The Hall–Kier alpha value is -1.32. The Morgan fingerprint density at radius 2 is 2.05 bits per heavy atom. The van der Waals surface area contributed by atoms with Gasteiger partial charge in [-0.2, -0.15) is 0 Å². The summed E-state index contributed by atoms with van der Waals surface area (Å²) in [6.07, 6.45) is 2.86. The van der Waals surface area contributed by atoms with E-state index >= 15 is 0 Å². The third-order valence-electron chi connectivity index (χ3n) is 3.47. The van der Waals surface area contributed by atoms with Gasteiger partial charge >= 0.3 is 0 Å². The average Bonchev–Trinajstić information content (AvgIpc) is 2.88. The van der Waals surface area contributed by atoms with Crippen LogP contribution in [0.4, 0.5) is 0 Å². The Kier molecular flexibility index (Phi) is 4.16. The predicted molar refractivity (Wildman–Crippen MR) is 80.7 cm³/mol. The van der Waals surface area contributed by atoms with E-state index in [1.54, 1.807) is 0 Å². The van der Waals surface area contributed by atoms with Gasteiger partial charge in [-0.05, 0) is 23.8 Å². The maximum Gasteiger partial charge on any atom is 0.0416 e. The largest absolute Gasteiger partial charge is 0.316 e. The van der Waals surface area contributed by atoms with Gasteiger partial charge in [0.05, 0.1) is 0 Å². The molecule has 1 atom stereocenters. The molecule has 1 N–H and O–H groups in total. The number of pyridine rings is 1. The van der Waals surface area contributed by atoms with Crippen molar-refractivity contribution in [2.75, 3.05) is 18.8 Å². The second-order valence-corrected chi connectivity index (χ2v) is 5.88. The van der Waals surface area contributed by atoms with E-state index in [2.05, 4.69) is 40.6 Å². The molecule has 0 bridgehead atoms. The molecule has 0 amide bonds. The van der Waals surface area contributed by atoms with Gasteiger partial charge in [0.1, 0.15) is 0 Å². The van der Waals surface area contributed by atoms with Gasteiger partial charge in [-0.15, -0.1) is 11.8 Å². The zero-order chi connectivity index (χ0) is 12.9. The van der Waals surface area contributed by atoms with E-state index in [1.165, 1.54) is 16.2 Å². The van der Waals surface area contributed by atoms with Crippen molar-refractivity contribution >= 4 is 11.8 Å². The van der Waals surface area contributed by atoms with Crippen molar-refractivity contribution in [3.63, 3.8) is 0 Å². The first-order valence-corrected chi connectivity index (χ1v) is 7.74. The number of nitrogens with one attached hydrogen (secondary N) is 1. The highest BCUT2D eigenvalue weighted by Crippen LogP contribution is 2.38. The number of fused-ring (bicyclic) bond motifs is 1. The lowest BCUT2D eigenvalue weighted by atomic mass is 10.0. The number of benzene rings is 1. The van der Waals surface area contributed by atoms with Crippen molar-refractivity contribution in [1.82, 2.24) is 10.3 Å². The molecule has 1 aromatic heterocycles. The van der Waals surface area contributed by atoms with Crippen LogP contribution in [-0.2, 0) is 6.42 Å². The van der Waals surface area contributed by atoms with Gasteiger partial charge in [0, 0.05) is 48.0 Å². The second-order valence-electron chi connectivity index (χ2n) is 4.82. The van der Waals surface area contributed by atoms with Crippen LogP contribution in [0.3, 0.4) is 0 Å². The van der Waals surface area contributed by atoms with Crippen molar-refractivity contribution in [2.45, 2.75) is 17.2 Å². The Bertz CT molecular complexity index is 527. The summed E-state index contributed by atoms with van der Waals surface area (Å²) in [5.41, 5.74) is 2.68. The molecule has 0 saturated carbocycles. The molecule has 2 aromatic rings. The van der Waals surface area contributed by atoms with E-state index in [0.717, 1.165) is 25.2 Å². The summed E-state index contributed by atoms with van der Waals surface area (Å²) in [5.74, 6) is 1.86. The zero-order valence-electron chi connectivity index (χ0n) is 10.9. The molecule has 0 aliphatic carbocycles. The van der Waals surface area contributed by atoms with Gasteiger partial charge in [-0.25, -0.2) is 0 Å². The third-order valence-corrected chi connectivity index (χ3v) is 4.73. The third kappa shape index (κ3) is 3.17. The van der Waals surface area contributed by atoms with Gasteiger partial charge in [0.2, 0.25) is 0 Å². The van der Waals surface area contributed by atoms with Crippen LogP contribution in [0, 0.1) is 0 Å². The lowest BCUT2D eigenvalue weighted by Gasteiger charge is -2.11. The van der Waals surface area contributed by atoms with Gasteiger partial charge < -0.3 is 5.32 Å². The van der Waals surface area contributed by atoms with Crippen LogP contribution in [0.1, 0.15) is 17.2 Å². The standard InChI is InChI=1S/C16H18N2S/c1-2-7-16-15(6-1)13(12-19-16)11-17-10-8-14-5-3-4-9-18-14/h1-7,9,13,17H,8,10-12H2. The van der Waals surface area contributed by atoms with E-state index in [9.17, 15) is 0 Å². The Balaban J connectivity index is 1.47. The molecule has 2 heterocycles. The number of nitrogens with zero attached hydrogens (tertiary/aromatic N) is 1. The molecule has 0 saturated heterocycles. The van der Waals surface area contributed by atoms with E-state index in [1.807, 2.05) is 30.1 Å². The molecule has 1 aliphatic rings. The highest BCUT2D eigenvalue weighted by Gasteiger charge is 2.21. The highest BCUT2D eigenvalue weighted by atomic mass is 32.2. The number of thioether (sulfide) groups is 1. The summed E-state index contributed by atoms with van der Waals surface area (Å²) < 4.78 is 0. The molecule has 19 heavy (non-hydrogen) atoms. The lowest BCUT2D eigenvalue weighted by molar-refractivity contribution is 0.618. The first-order valence-electron chi connectivity index (χ1n) is 6.76. The first kappa shape index (κ1) is 12.7. The summed E-state index contributed by atoms with van der Waals surface area (Å²) in [6, 6.07) is 14.9. The van der Waals surface area contributed by atoms with E-state index in [-0.39, 0.29) is 0 Å². The minimum atomic E-state index is 0.657. The summed E-state index contributed by atoms with van der Waals surface area (Å²) in [5, 5.41) is 3.56. The first-order chi connectivity index (χ1) is 9.43. The normalized spacial score (nSPS) is 17.4. The number of hydrogen-bond donors (Lipinski definition) is 1. The van der Waals surface area contributed by atoms with E-state index < -0.39 is 0 Å². The molecular formula is C16H18N2S. The zero-order valence-corrected chi connectivity index (χ0v) is 11.7. The number of rotatable bonds is 5. The van der Waals surface area contributed by atoms with Crippen molar-refractivity contribution in [3.05, 3.63) is 59.9 Å². The SMILES string of the molecule is c1ccc(CCNCC2CSc3ccccc32)nc1. The molecule has 3 rings (SSSR count). The van der Waals surface area contributed by atoms with Crippen LogP contribution < -0.4 is 5.32 Å². The van der Waals surface area contributed by atoms with E-state index in [0.29, 0.717) is 5.92 Å². The smallest absolute Gasteiger partial charge is 0.0416 e. The van der Waals surface area contributed by atoms with Crippen molar-refractivity contribution in [3.8, 4) is 0 Å². The van der Waals surface area contributed by atoms with Crippen LogP contribution in [-0.4, -0.2) is 23.8 Å². The monoisotopic (exact) mass is 270 g/mol. The highest BCUT2D eigenvalue weighted by molar-refractivity contribution is 7.99. The summed E-state index contributed by atoms with van der Waals surface area (Å²) in [7, 11) is 0. The molecule has 0 radical (unpaired) electrons. The molecule has 3 heteroatoms. The Morgan fingerprint density at radius 3 is 2.95 bits per heavy atom. The summed E-state index contributed by atoms with van der Waals surface area (Å²) in [6.45, 7) is 2.07. The Morgan fingerprint density at radius 1 is 1.16 bits per heavy atom. The lowest BCUT2D eigenvalue weighted by Crippen LogP contribution is -2.24. The summed E-state index contributed by atoms with van der Waals surface area (Å²) >= 11 is 1.98. The van der Waals surface area contributed by atoms with Gasteiger partial charge in [0.15, 0.2) is 0 Å². The average molecular weight is 270 g/mol. The maximum atomic E-state index is 4.34. The van der Waals surface area contributed by atoms with Crippen LogP contribution in [0.25, 0.3) is 0 Å². The number of hydrogen-bond acceptors (Lipinski definition) is 3. The fourth-order valence-electron chi connectivity index (χ4n) is 2.44. The minimum Gasteiger partial charge on any atom is -0.316 e. The molecule has 2 nitrogen and oxygen atoms in total. The summed E-state index contributed by atoms with van der Waals surface area (Å²) in [4.78, 5) is 5.80. The fraction of sp³-hybridized carbons (Fsp3) is 0.312. The molecule has 1 unspecified atom stereocenters. The van der Waals surface area contributed by atoms with Gasteiger partial charge in [-0.1, -0.05) is 24.3 Å². The van der Waals surface area contributed by atoms with Crippen LogP contribution in [0.15, 0.2) is 53.6 Å². The topological polar surface area (TPSA) is 24.9 Å². The quantitative estimate of drug-likeness (QED) is 0.845. The molecular weight excluding hydrogens is 252 g/mol.